The fraction of sp³-hybridized carbons (Fsp3) is 0.818. The molecule has 13 nitrogen and oxygen atoms in total. The van der Waals surface area contributed by atoms with Gasteiger partial charge in [-0.15, -0.1) is 0 Å². The number of carbonyl (C=O) groups is 2. The Hall–Kier alpha value is -1.93. The molecule has 8 atom stereocenters. The van der Waals surface area contributed by atoms with Crippen LogP contribution in [0, 0.1) is 0 Å². The van der Waals surface area contributed by atoms with Gasteiger partial charge in [0.1, 0.15) is 43.2 Å². The van der Waals surface area contributed by atoms with E-state index < -0.39 is 75.7 Å². The number of phosphoric acid groups is 1. The van der Waals surface area contributed by atoms with Crippen LogP contribution in [-0.4, -0.2) is 98.3 Å². The first-order chi connectivity index (χ1) is 27.9. The van der Waals surface area contributed by atoms with Crippen LogP contribution in [0.15, 0.2) is 36.5 Å². The summed E-state index contributed by atoms with van der Waals surface area (Å²) >= 11 is 0. The van der Waals surface area contributed by atoms with Gasteiger partial charge in [-0.05, 0) is 51.4 Å². The summed E-state index contributed by atoms with van der Waals surface area (Å²) in [6, 6.07) is 0. The second-order valence-corrected chi connectivity index (χ2v) is 17.0. The molecule has 0 aliphatic heterocycles. The molecule has 0 spiro atoms. The summed E-state index contributed by atoms with van der Waals surface area (Å²) in [5.41, 5.74) is 0. The number of rotatable bonds is 36. The van der Waals surface area contributed by atoms with E-state index in [1.165, 1.54) is 64.2 Å². The Morgan fingerprint density at radius 1 is 0.534 bits per heavy atom. The fourth-order valence-electron chi connectivity index (χ4n) is 6.59. The Kier molecular flexibility index (Phi) is 32.4. The molecule has 14 heteroatoms. The van der Waals surface area contributed by atoms with Crippen molar-refractivity contribution in [3.05, 3.63) is 36.5 Å². The number of ether oxygens (including phenoxy) is 2. The largest absolute Gasteiger partial charge is 0.472 e. The summed E-state index contributed by atoms with van der Waals surface area (Å²) in [5, 5.41) is 50.1. The second-order valence-electron chi connectivity index (χ2n) is 15.6. The van der Waals surface area contributed by atoms with Gasteiger partial charge < -0.3 is 39.9 Å². The fourth-order valence-corrected chi connectivity index (χ4v) is 7.56. The van der Waals surface area contributed by atoms with E-state index in [0.29, 0.717) is 12.8 Å². The second kappa shape index (κ2) is 34.7. The summed E-state index contributed by atoms with van der Waals surface area (Å²) in [4.78, 5) is 35.6. The minimum Gasteiger partial charge on any atom is -0.462 e. The van der Waals surface area contributed by atoms with Crippen molar-refractivity contribution in [2.45, 2.75) is 217 Å². The Morgan fingerprint density at radius 3 is 1.45 bits per heavy atom. The van der Waals surface area contributed by atoms with Crippen LogP contribution < -0.4 is 0 Å². The number of unbranched alkanes of at least 4 members (excludes halogenated alkanes) is 18. The third-order valence-electron chi connectivity index (χ3n) is 10.2. The van der Waals surface area contributed by atoms with Crippen LogP contribution in [0.5, 0.6) is 0 Å². The molecule has 1 rings (SSSR count). The Balaban J connectivity index is 2.49. The van der Waals surface area contributed by atoms with Gasteiger partial charge in [0, 0.05) is 12.8 Å². The molecule has 6 N–H and O–H groups in total. The van der Waals surface area contributed by atoms with Crippen LogP contribution in [0.4, 0.5) is 0 Å². The summed E-state index contributed by atoms with van der Waals surface area (Å²) in [6.45, 7) is 3.24. The van der Waals surface area contributed by atoms with Gasteiger partial charge in [0.2, 0.25) is 0 Å². The molecular formula is C44H79O13P. The number of aliphatic hydroxyl groups is 5. The average molecular weight is 847 g/mol. The molecule has 58 heavy (non-hydrogen) atoms. The molecular weight excluding hydrogens is 767 g/mol. The molecule has 338 valence electrons. The summed E-state index contributed by atoms with van der Waals surface area (Å²) in [6.07, 6.45) is 24.9. The monoisotopic (exact) mass is 847 g/mol. The molecule has 0 aromatic heterocycles. The van der Waals surface area contributed by atoms with Crippen LogP contribution in [-0.2, 0) is 32.7 Å². The van der Waals surface area contributed by atoms with E-state index >= 15 is 0 Å². The number of esters is 2. The predicted molar refractivity (Wildman–Crippen MR) is 226 cm³/mol. The zero-order valence-corrected chi connectivity index (χ0v) is 36.5. The number of allylic oxidation sites excluding steroid dienone is 6. The van der Waals surface area contributed by atoms with E-state index in [4.69, 9.17) is 18.5 Å². The van der Waals surface area contributed by atoms with Gasteiger partial charge in [-0.1, -0.05) is 147 Å². The van der Waals surface area contributed by atoms with Crippen molar-refractivity contribution in [3.63, 3.8) is 0 Å². The molecule has 6 unspecified atom stereocenters. The highest BCUT2D eigenvalue weighted by Crippen LogP contribution is 2.47. The van der Waals surface area contributed by atoms with Gasteiger partial charge in [0.25, 0.3) is 0 Å². The van der Waals surface area contributed by atoms with Crippen LogP contribution in [0.1, 0.15) is 174 Å². The van der Waals surface area contributed by atoms with E-state index in [1.54, 1.807) is 0 Å². The maximum atomic E-state index is 12.8. The van der Waals surface area contributed by atoms with Gasteiger partial charge in [-0.2, -0.15) is 0 Å². The first kappa shape index (κ1) is 54.1. The first-order valence-electron chi connectivity index (χ1n) is 22.3. The zero-order valence-electron chi connectivity index (χ0n) is 35.6. The van der Waals surface area contributed by atoms with E-state index in [1.807, 2.05) is 0 Å². The summed E-state index contributed by atoms with van der Waals surface area (Å²) in [5.74, 6) is -1.12. The van der Waals surface area contributed by atoms with Gasteiger partial charge >= 0.3 is 19.8 Å². The minimum atomic E-state index is -5.12. The smallest absolute Gasteiger partial charge is 0.462 e. The lowest BCUT2D eigenvalue weighted by molar-refractivity contribution is -0.220. The molecule has 0 aromatic rings. The number of aliphatic hydroxyl groups excluding tert-OH is 5. The van der Waals surface area contributed by atoms with Crippen LogP contribution in [0.3, 0.4) is 0 Å². The molecule has 1 fully saturated rings. The van der Waals surface area contributed by atoms with Gasteiger partial charge in [-0.25, -0.2) is 4.57 Å². The van der Waals surface area contributed by atoms with E-state index in [-0.39, 0.29) is 12.8 Å². The molecule has 0 bridgehead atoms. The van der Waals surface area contributed by atoms with Crippen molar-refractivity contribution in [2.75, 3.05) is 13.2 Å². The molecule has 1 aliphatic rings. The number of hydrogen-bond acceptors (Lipinski definition) is 12. The lowest BCUT2D eigenvalue weighted by Crippen LogP contribution is -2.64. The van der Waals surface area contributed by atoms with Gasteiger partial charge in [0.05, 0.1) is 6.61 Å². The zero-order chi connectivity index (χ0) is 42.9. The molecule has 0 aromatic carbocycles. The SMILES string of the molecule is CCCCC/C=C/C/C=C/C/C=C/CCCCCCC(=O)OC[C@@H](COP(=O)(O)OC1C(O)C(O)C(O)[C@H](O)C1O)OC(=O)CCCCCCCCCCCCCC. The van der Waals surface area contributed by atoms with Crippen molar-refractivity contribution in [1.29, 1.82) is 0 Å². The van der Waals surface area contributed by atoms with Crippen LogP contribution in [0.25, 0.3) is 0 Å². The van der Waals surface area contributed by atoms with E-state index in [9.17, 15) is 44.6 Å². The molecule has 0 radical (unpaired) electrons. The summed E-state index contributed by atoms with van der Waals surface area (Å²) in [7, 11) is -5.12. The minimum absolute atomic E-state index is 0.0937. The molecule has 1 aliphatic carbocycles. The molecule has 0 amide bonds. The topological polar surface area (TPSA) is 210 Å². The summed E-state index contributed by atoms with van der Waals surface area (Å²) < 4.78 is 33.4. The predicted octanol–water partition coefficient (Wildman–Crippen LogP) is 8.22. The third kappa shape index (κ3) is 27.0. The highest BCUT2D eigenvalue weighted by atomic mass is 31.2. The maximum absolute atomic E-state index is 12.8. The normalized spacial score (nSPS) is 22.8. The van der Waals surface area contributed by atoms with E-state index in [2.05, 4.69) is 50.3 Å². The highest BCUT2D eigenvalue weighted by molar-refractivity contribution is 7.47. The molecule has 0 saturated heterocycles. The quantitative estimate of drug-likeness (QED) is 0.0152. The Labute approximate surface area is 348 Å². The third-order valence-corrected chi connectivity index (χ3v) is 11.2. The number of phosphoric ester groups is 1. The van der Waals surface area contributed by atoms with E-state index in [0.717, 1.165) is 70.6 Å². The number of hydrogen-bond donors (Lipinski definition) is 6. The van der Waals surface area contributed by atoms with Crippen molar-refractivity contribution < 1.29 is 63.1 Å². The average Bonchev–Trinajstić information content (AvgIpc) is 3.20. The number of carbonyl (C=O) groups excluding carboxylic acids is 2. The lowest BCUT2D eigenvalue weighted by Gasteiger charge is -2.41. The Morgan fingerprint density at radius 2 is 0.931 bits per heavy atom. The highest BCUT2D eigenvalue weighted by Gasteiger charge is 2.51. The van der Waals surface area contributed by atoms with Crippen molar-refractivity contribution >= 4 is 19.8 Å². The van der Waals surface area contributed by atoms with Gasteiger partial charge in [0.15, 0.2) is 6.10 Å². The van der Waals surface area contributed by atoms with Crippen molar-refractivity contribution in [2.24, 2.45) is 0 Å². The molecule has 0 heterocycles. The van der Waals surface area contributed by atoms with Crippen molar-refractivity contribution in [1.82, 2.24) is 0 Å². The molecule has 1 saturated carbocycles. The Bertz CT molecular complexity index is 1160. The lowest BCUT2D eigenvalue weighted by atomic mass is 9.85. The van der Waals surface area contributed by atoms with Crippen LogP contribution >= 0.6 is 7.82 Å². The maximum Gasteiger partial charge on any atom is 0.472 e. The van der Waals surface area contributed by atoms with Crippen LogP contribution in [0.2, 0.25) is 0 Å². The standard InChI is InChI=1S/C44H79O13P/c1-3-5-7-9-11-13-15-17-18-19-20-21-23-24-26-28-30-32-37(45)54-34-36(56-38(46)33-31-29-27-25-22-16-14-12-10-8-6-4-2)35-55-58(52,53)57-44-42(50)40(48)39(47)41(49)43(44)51/h11,13,17-18,20-21,36,39-44,47-51H,3-10,12,14-16,19,22-35H2,1-2H3,(H,52,53)/b13-11+,18-17+,21-20+/t36-,39?,40-,41?,42?,43?,44?/m0/s1. The van der Waals surface area contributed by atoms with Crippen molar-refractivity contribution in [3.8, 4) is 0 Å². The first-order valence-corrected chi connectivity index (χ1v) is 23.8. The van der Waals surface area contributed by atoms with Gasteiger partial charge in [-0.3, -0.25) is 18.6 Å².